The van der Waals surface area contributed by atoms with Crippen molar-refractivity contribution in [2.75, 3.05) is 0 Å². The van der Waals surface area contributed by atoms with Gasteiger partial charge in [-0.1, -0.05) is 24.3 Å². The number of phenolic OH excluding ortho intramolecular Hbond substituents is 1. The van der Waals surface area contributed by atoms with Crippen LogP contribution in [0.25, 0.3) is 0 Å². The minimum absolute atomic E-state index is 0.105. The molecule has 0 aliphatic carbocycles. The van der Waals surface area contributed by atoms with Gasteiger partial charge in [0.25, 0.3) is 0 Å². The standard InChI is InChI=1S/C14H10O3/c15-8-11-5-1-3-9-7-10-4-2-6-12(16)14(10)17-13(9)11/h1-6,8,16H,7H2. The van der Waals surface area contributed by atoms with E-state index in [2.05, 4.69) is 0 Å². The molecular formula is C14H10O3. The molecule has 1 heterocycles. The van der Waals surface area contributed by atoms with Crippen LogP contribution in [0.3, 0.4) is 0 Å². The highest BCUT2D eigenvalue weighted by atomic mass is 16.5. The fourth-order valence-corrected chi connectivity index (χ4v) is 2.10. The lowest BCUT2D eigenvalue weighted by atomic mass is 9.98. The average Bonchev–Trinajstić information content (AvgIpc) is 2.36. The Balaban J connectivity index is 2.18. The third kappa shape index (κ3) is 1.47. The van der Waals surface area contributed by atoms with E-state index in [9.17, 15) is 9.90 Å². The summed E-state index contributed by atoms with van der Waals surface area (Å²) >= 11 is 0. The van der Waals surface area contributed by atoms with E-state index in [-0.39, 0.29) is 5.75 Å². The molecule has 1 aliphatic rings. The summed E-state index contributed by atoms with van der Waals surface area (Å²) in [6.45, 7) is 0. The molecule has 1 aliphatic heterocycles. The quantitative estimate of drug-likeness (QED) is 0.649. The number of benzene rings is 2. The maximum atomic E-state index is 10.9. The summed E-state index contributed by atoms with van der Waals surface area (Å²) in [5.41, 5.74) is 2.41. The molecule has 0 radical (unpaired) electrons. The highest BCUT2D eigenvalue weighted by molar-refractivity contribution is 5.81. The second-order valence-corrected chi connectivity index (χ2v) is 4.00. The fraction of sp³-hybridized carbons (Fsp3) is 0.0714. The van der Waals surface area contributed by atoms with E-state index in [1.165, 1.54) is 0 Å². The summed E-state index contributed by atoms with van der Waals surface area (Å²) in [6.07, 6.45) is 1.44. The number of hydrogen-bond acceptors (Lipinski definition) is 3. The van der Waals surface area contributed by atoms with Crippen LogP contribution in [0.1, 0.15) is 21.5 Å². The molecule has 0 spiro atoms. The first-order valence-electron chi connectivity index (χ1n) is 5.35. The van der Waals surface area contributed by atoms with Gasteiger partial charge in [0.05, 0.1) is 5.56 Å². The van der Waals surface area contributed by atoms with Gasteiger partial charge in [0.2, 0.25) is 0 Å². The van der Waals surface area contributed by atoms with Crippen LogP contribution in [-0.4, -0.2) is 11.4 Å². The van der Waals surface area contributed by atoms with Crippen LogP contribution >= 0.6 is 0 Å². The number of rotatable bonds is 1. The number of fused-ring (bicyclic) bond motifs is 2. The smallest absolute Gasteiger partial charge is 0.172 e. The van der Waals surface area contributed by atoms with E-state index in [1.807, 2.05) is 18.2 Å². The largest absolute Gasteiger partial charge is 0.504 e. The second-order valence-electron chi connectivity index (χ2n) is 4.00. The predicted octanol–water partition coefficient (Wildman–Crippen LogP) is 2.90. The molecule has 2 aromatic carbocycles. The number of phenols is 1. The molecule has 2 aromatic rings. The van der Waals surface area contributed by atoms with Crippen molar-refractivity contribution in [3.63, 3.8) is 0 Å². The van der Waals surface area contributed by atoms with Crippen LogP contribution in [0.4, 0.5) is 0 Å². The molecule has 0 saturated carbocycles. The van der Waals surface area contributed by atoms with Crippen molar-refractivity contribution in [1.29, 1.82) is 0 Å². The molecule has 17 heavy (non-hydrogen) atoms. The Bertz CT molecular complexity index is 602. The lowest BCUT2D eigenvalue weighted by Crippen LogP contribution is -2.05. The zero-order valence-corrected chi connectivity index (χ0v) is 9.01. The SMILES string of the molecule is O=Cc1cccc2c1Oc1c(O)cccc1C2. The summed E-state index contributed by atoms with van der Waals surface area (Å²) < 4.78 is 5.65. The molecule has 0 saturated heterocycles. The highest BCUT2D eigenvalue weighted by Gasteiger charge is 2.21. The maximum absolute atomic E-state index is 10.9. The molecule has 0 unspecified atom stereocenters. The first kappa shape index (κ1) is 9.90. The molecule has 3 heteroatoms. The molecule has 84 valence electrons. The Morgan fingerprint density at radius 3 is 2.53 bits per heavy atom. The van der Waals surface area contributed by atoms with Crippen molar-refractivity contribution in [3.05, 3.63) is 53.1 Å². The molecule has 3 nitrogen and oxygen atoms in total. The minimum Gasteiger partial charge on any atom is -0.504 e. The van der Waals surface area contributed by atoms with Crippen LogP contribution < -0.4 is 4.74 Å². The van der Waals surface area contributed by atoms with Gasteiger partial charge in [0, 0.05) is 17.5 Å². The third-order valence-electron chi connectivity index (χ3n) is 2.91. The summed E-state index contributed by atoms with van der Waals surface area (Å²) in [6, 6.07) is 10.7. The average molecular weight is 226 g/mol. The van der Waals surface area contributed by atoms with E-state index in [0.717, 1.165) is 17.4 Å². The molecule has 0 bridgehead atoms. The van der Waals surface area contributed by atoms with Gasteiger partial charge in [0.1, 0.15) is 5.75 Å². The number of hydrogen-bond donors (Lipinski definition) is 1. The molecule has 0 atom stereocenters. The summed E-state index contributed by atoms with van der Waals surface area (Å²) in [5.74, 6) is 1.11. The zero-order valence-electron chi connectivity index (χ0n) is 9.01. The van der Waals surface area contributed by atoms with Gasteiger partial charge >= 0.3 is 0 Å². The van der Waals surface area contributed by atoms with E-state index in [1.54, 1.807) is 18.2 Å². The first-order chi connectivity index (χ1) is 8.29. The minimum atomic E-state index is 0.105. The number of aromatic hydroxyl groups is 1. The molecule has 3 rings (SSSR count). The maximum Gasteiger partial charge on any atom is 0.172 e. The Morgan fingerprint density at radius 1 is 1.06 bits per heavy atom. The van der Waals surface area contributed by atoms with Crippen LogP contribution in [0.2, 0.25) is 0 Å². The van der Waals surface area contributed by atoms with E-state index in [0.29, 0.717) is 23.5 Å². The van der Waals surface area contributed by atoms with Crippen molar-refractivity contribution in [2.45, 2.75) is 6.42 Å². The Kier molecular flexibility index (Phi) is 2.11. The van der Waals surface area contributed by atoms with Gasteiger partial charge in [-0.25, -0.2) is 0 Å². The highest BCUT2D eigenvalue weighted by Crippen LogP contribution is 2.42. The predicted molar refractivity (Wildman–Crippen MR) is 62.8 cm³/mol. The molecule has 0 amide bonds. The van der Waals surface area contributed by atoms with Crippen LogP contribution in [0, 0.1) is 0 Å². The van der Waals surface area contributed by atoms with Gasteiger partial charge in [-0.3, -0.25) is 4.79 Å². The van der Waals surface area contributed by atoms with Crippen molar-refractivity contribution in [3.8, 4) is 17.2 Å². The van der Waals surface area contributed by atoms with Gasteiger partial charge < -0.3 is 9.84 Å². The third-order valence-corrected chi connectivity index (χ3v) is 2.91. The van der Waals surface area contributed by atoms with Crippen molar-refractivity contribution >= 4 is 6.29 Å². The van der Waals surface area contributed by atoms with Crippen molar-refractivity contribution in [2.24, 2.45) is 0 Å². The van der Waals surface area contributed by atoms with Crippen molar-refractivity contribution in [1.82, 2.24) is 0 Å². The van der Waals surface area contributed by atoms with Crippen molar-refractivity contribution < 1.29 is 14.6 Å². The van der Waals surface area contributed by atoms with Gasteiger partial charge in [0.15, 0.2) is 17.8 Å². The number of aldehydes is 1. The second kappa shape index (κ2) is 3.63. The van der Waals surface area contributed by atoms with E-state index >= 15 is 0 Å². The number of carbonyl (C=O) groups is 1. The topological polar surface area (TPSA) is 46.5 Å². The first-order valence-corrected chi connectivity index (χ1v) is 5.35. The molecule has 1 N–H and O–H groups in total. The normalized spacial score (nSPS) is 12.2. The molecular weight excluding hydrogens is 216 g/mol. The molecule has 0 fully saturated rings. The van der Waals surface area contributed by atoms with Crippen LogP contribution in [-0.2, 0) is 6.42 Å². The number of ether oxygens (including phenoxy) is 1. The van der Waals surface area contributed by atoms with Gasteiger partial charge in [-0.05, 0) is 12.1 Å². The summed E-state index contributed by atoms with van der Waals surface area (Å²) in [5, 5.41) is 9.73. The number of carbonyl (C=O) groups excluding carboxylic acids is 1. The van der Waals surface area contributed by atoms with Gasteiger partial charge in [-0.2, -0.15) is 0 Å². The van der Waals surface area contributed by atoms with Crippen LogP contribution in [0.15, 0.2) is 36.4 Å². The Labute approximate surface area is 98.3 Å². The monoisotopic (exact) mass is 226 g/mol. The Morgan fingerprint density at radius 2 is 1.76 bits per heavy atom. The lowest BCUT2D eigenvalue weighted by Gasteiger charge is -2.21. The zero-order chi connectivity index (χ0) is 11.8. The lowest BCUT2D eigenvalue weighted by molar-refractivity contribution is 0.112. The summed E-state index contributed by atoms with van der Waals surface area (Å²) in [7, 11) is 0. The summed E-state index contributed by atoms with van der Waals surface area (Å²) in [4.78, 5) is 10.9. The van der Waals surface area contributed by atoms with E-state index in [4.69, 9.17) is 4.74 Å². The molecule has 0 aromatic heterocycles. The van der Waals surface area contributed by atoms with E-state index < -0.39 is 0 Å². The van der Waals surface area contributed by atoms with Gasteiger partial charge in [-0.15, -0.1) is 0 Å². The van der Waals surface area contributed by atoms with Crippen LogP contribution in [0.5, 0.6) is 17.2 Å². The fourth-order valence-electron chi connectivity index (χ4n) is 2.10. The Hall–Kier alpha value is -2.29. The number of para-hydroxylation sites is 2.